The molecule has 0 N–H and O–H groups in total. The van der Waals surface area contributed by atoms with E-state index in [9.17, 15) is 0 Å². The fraction of sp³-hybridized carbons (Fsp3) is 0.667. The van der Waals surface area contributed by atoms with Gasteiger partial charge in [0.2, 0.25) is 0 Å². The Morgan fingerprint density at radius 3 is 3.00 bits per heavy atom. The highest BCUT2D eigenvalue weighted by atomic mass is 14.9. The first kappa shape index (κ1) is 5.48. The summed E-state index contributed by atoms with van der Waals surface area (Å²) in [5.74, 6) is 0.597. The minimum absolute atomic E-state index is 0.597. The molecule has 8 heavy (non-hydrogen) atoms. The Labute approximate surface area is 49.3 Å². The molecule has 2 nitrogen and oxygen atoms in total. The summed E-state index contributed by atoms with van der Waals surface area (Å²) >= 11 is 0. The van der Waals surface area contributed by atoms with Crippen molar-refractivity contribution in [3.8, 4) is 0 Å². The third kappa shape index (κ3) is 1.15. The van der Waals surface area contributed by atoms with E-state index < -0.39 is 0 Å². The molecule has 0 spiro atoms. The van der Waals surface area contributed by atoms with Crippen molar-refractivity contribution in [3.05, 3.63) is 0 Å². The quantitative estimate of drug-likeness (QED) is 0.483. The number of hydrogen-bond donors (Lipinski definition) is 0. The van der Waals surface area contributed by atoms with E-state index in [0.717, 1.165) is 13.0 Å². The van der Waals surface area contributed by atoms with E-state index in [0.29, 0.717) is 5.92 Å². The van der Waals surface area contributed by atoms with Gasteiger partial charge in [0, 0.05) is 18.7 Å². The lowest BCUT2D eigenvalue weighted by Gasteiger charge is -2.05. The van der Waals surface area contributed by atoms with Gasteiger partial charge in [-0.2, -0.15) is 0 Å². The summed E-state index contributed by atoms with van der Waals surface area (Å²) in [7, 11) is 0. The maximum Gasteiger partial charge on any atom is 0.109 e. The first-order chi connectivity index (χ1) is 3.93. The van der Waals surface area contributed by atoms with Crippen LogP contribution in [0.3, 0.4) is 0 Å². The predicted octanol–water partition coefficient (Wildman–Crippen LogP) is 1.13. The Kier molecular flexibility index (Phi) is 1.78. The van der Waals surface area contributed by atoms with Crippen LogP contribution in [0.4, 0.5) is 0 Å². The van der Waals surface area contributed by atoms with Gasteiger partial charge in [-0.15, -0.1) is 0 Å². The van der Waals surface area contributed by atoms with E-state index in [1.54, 1.807) is 6.34 Å². The second-order valence-electron chi connectivity index (χ2n) is 1.95. The highest BCUT2D eigenvalue weighted by Gasteiger charge is 2.01. The van der Waals surface area contributed by atoms with Gasteiger partial charge in [-0.25, -0.2) is 4.99 Å². The Bertz CT molecular complexity index is 116. The topological polar surface area (TPSA) is 24.7 Å². The first-order valence-electron chi connectivity index (χ1n) is 2.95. The lowest BCUT2D eigenvalue weighted by molar-refractivity contribution is 0.686. The van der Waals surface area contributed by atoms with Crippen LogP contribution in [0.25, 0.3) is 0 Å². The zero-order chi connectivity index (χ0) is 5.82. The molecule has 1 aliphatic rings. The van der Waals surface area contributed by atoms with Crippen LogP contribution >= 0.6 is 0 Å². The molecule has 1 atom stereocenters. The van der Waals surface area contributed by atoms with E-state index in [4.69, 9.17) is 0 Å². The summed E-state index contributed by atoms with van der Waals surface area (Å²) in [6, 6.07) is 0. The number of aliphatic imine (C=N–C) groups is 2. The Hall–Kier alpha value is -0.660. The van der Waals surface area contributed by atoms with Gasteiger partial charge in [0.05, 0.1) is 0 Å². The monoisotopic (exact) mass is 110 g/mol. The van der Waals surface area contributed by atoms with Gasteiger partial charge >= 0.3 is 0 Å². The molecule has 2 heteroatoms. The van der Waals surface area contributed by atoms with E-state index in [1.165, 1.54) is 0 Å². The molecular weight excluding hydrogens is 100 g/mol. The van der Waals surface area contributed by atoms with Gasteiger partial charge in [0.15, 0.2) is 0 Å². The van der Waals surface area contributed by atoms with Crippen LogP contribution in [-0.2, 0) is 0 Å². The minimum atomic E-state index is 0.597. The normalized spacial score (nSPS) is 26.4. The van der Waals surface area contributed by atoms with Crippen molar-refractivity contribution in [1.82, 2.24) is 0 Å². The van der Waals surface area contributed by atoms with Crippen molar-refractivity contribution in [2.24, 2.45) is 15.9 Å². The molecular formula is C6H10N2. The van der Waals surface area contributed by atoms with Crippen molar-refractivity contribution in [2.45, 2.75) is 13.3 Å². The molecule has 0 aliphatic carbocycles. The molecule has 0 saturated carbocycles. The van der Waals surface area contributed by atoms with Crippen molar-refractivity contribution >= 4 is 12.6 Å². The standard InChI is InChI=1S/C6H10N2/c1-2-6-3-7-5-8-4-6/h3,5-6H,2,4H2,1H3. The molecule has 0 aromatic heterocycles. The molecule has 0 aromatic rings. The summed E-state index contributed by atoms with van der Waals surface area (Å²) in [5, 5.41) is 0. The van der Waals surface area contributed by atoms with Crippen LogP contribution < -0.4 is 0 Å². The predicted molar refractivity (Wildman–Crippen MR) is 35.6 cm³/mol. The van der Waals surface area contributed by atoms with Crippen LogP contribution in [0.15, 0.2) is 9.98 Å². The molecule has 1 rings (SSSR count). The van der Waals surface area contributed by atoms with Crippen molar-refractivity contribution < 1.29 is 0 Å². The summed E-state index contributed by atoms with van der Waals surface area (Å²) in [6.07, 6.45) is 4.74. The second-order valence-corrected chi connectivity index (χ2v) is 1.95. The molecule has 1 unspecified atom stereocenters. The van der Waals surface area contributed by atoms with E-state index in [1.807, 2.05) is 6.21 Å². The molecule has 1 heterocycles. The smallest absolute Gasteiger partial charge is 0.109 e. The van der Waals surface area contributed by atoms with Crippen LogP contribution in [0, 0.1) is 5.92 Å². The van der Waals surface area contributed by atoms with Crippen molar-refractivity contribution in [1.29, 1.82) is 0 Å². The minimum Gasteiger partial charge on any atom is -0.273 e. The largest absolute Gasteiger partial charge is 0.273 e. The highest BCUT2D eigenvalue weighted by molar-refractivity contribution is 5.76. The van der Waals surface area contributed by atoms with Crippen molar-refractivity contribution in [3.63, 3.8) is 0 Å². The summed E-state index contributed by atoms with van der Waals surface area (Å²) in [6.45, 7) is 3.08. The van der Waals surface area contributed by atoms with Crippen LogP contribution in [0.2, 0.25) is 0 Å². The molecule has 0 bridgehead atoms. The molecule has 0 saturated heterocycles. The van der Waals surface area contributed by atoms with E-state index in [-0.39, 0.29) is 0 Å². The average molecular weight is 110 g/mol. The molecule has 44 valence electrons. The van der Waals surface area contributed by atoms with Crippen molar-refractivity contribution in [2.75, 3.05) is 6.54 Å². The summed E-state index contributed by atoms with van der Waals surface area (Å²) in [4.78, 5) is 7.92. The molecule has 0 fully saturated rings. The molecule has 0 aromatic carbocycles. The Morgan fingerprint density at radius 2 is 2.62 bits per heavy atom. The van der Waals surface area contributed by atoms with Gasteiger partial charge in [-0.1, -0.05) is 6.92 Å². The van der Waals surface area contributed by atoms with Gasteiger partial charge in [-0.05, 0) is 6.42 Å². The maximum absolute atomic E-state index is 4.01. The van der Waals surface area contributed by atoms with Gasteiger partial charge in [0.1, 0.15) is 6.34 Å². The fourth-order valence-corrected chi connectivity index (χ4v) is 0.672. The number of hydrogen-bond acceptors (Lipinski definition) is 2. The van der Waals surface area contributed by atoms with Crippen LogP contribution in [-0.4, -0.2) is 19.1 Å². The maximum atomic E-state index is 4.01. The lowest BCUT2D eigenvalue weighted by atomic mass is 10.1. The molecule has 0 amide bonds. The SMILES string of the molecule is CCC1C=NC=NC1. The third-order valence-corrected chi connectivity index (χ3v) is 1.31. The van der Waals surface area contributed by atoms with Gasteiger partial charge < -0.3 is 0 Å². The molecule has 1 aliphatic heterocycles. The van der Waals surface area contributed by atoms with Gasteiger partial charge in [0.25, 0.3) is 0 Å². The zero-order valence-electron chi connectivity index (χ0n) is 5.04. The third-order valence-electron chi connectivity index (χ3n) is 1.31. The average Bonchev–Trinajstić information content (AvgIpc) is 1.90. The Balaban J connectivity index is 2.40. The summed E-state index contributed by atoms with van der Waals surface area (Å²) < 4.78 is 0. The number of nitrogens with zero attached hydrogens (tertiary/aromatic N) is 2. The first-order valence-corrected chi connectivity index (χ1v) is 2.95. The number of rotatable bonds is 1. The zero-order valence-corrected chi connectivity index (χ0v) is 5.04. The second kappa shape index (κ2) is 2.60. The summed E-state index contributed by atoms with van der Waals surface area (Å²) in [5.41, 5.74) is 0. The van der Waals surface area contributed by atoms with Crippen LogP contribution in [0.1, 0.15) is 13.3 Å². The lowest BCUT2D eigenvalue weighted by Crippen LogP contribution is -2.07. The van der Waals surface area contributed by atoms with Crippen LogP contribution in [0.5, 0.6) is 0 Å². The van der Waals surface area contributed by atoms with Gasteiger partial charge in [-0.3, -0.25) is 4.99 Å². The van der Waals surface area contributed by atoms with E-state index >= 15 is 0 Å². The van der Waals surface area contributed by atoms with E-state index in [2.05, 4.69) is 16.9 Å². The highest BCUT2D eigenvalue weighted by Crippen LogP contribution is 2.01. The Morgan fingerprint density at radius 1 is 1.75 bits per heavy atom. The molecule has 0 radical (unpaired) electrons. The fourth-order valence-electron chi connectivity index (χ4n) is 0.672.